The summed E-state index contributed by atoms with van der Waals surface area (Å²) in [5.74, 6) is 0.211. The zero-order valence-corrected chi connectivity index (χ0v) is 12.5. The first-order valence-corrected chi connectivity index (χ1v) is 7.45. The fraction of sp³-hybridized carbons (Fsp3) is 0.625. The van der Waals surface area contributed by atoms with Crippen molar-refractivity contribution in [3.8, 4) is 0 Å². The summed E-state index contributed by atoms with van der Waals surface area (Å²) >= 11 is 5.69. The Morgan fingerprint density at radius 2 is 2.00 bits per heavy atom. The van der Waals surface area contributed by atoms with E-state index in [2.05, 4.69) is 13.8 Å². The summed E-state index contributed by atoms with van der Waals surface area (Å²) in [6.07, 6.45) is 5.58. The summed E-state index contributed by atoms with van der Waals surface area (Å²) in [5, 5.41) is 0.178. The van der Waals surface area contributed by atoms with Crippen LogP contribution in [-0.2, 0) is 6.42 Å². The number of nitrogens with two attached hydrogens (primary N) is 1. The third-order valence-electron chi connectivity index (χ3n) is 4.44. The van der Waals surface area contributed by atoms with Gasteiger partial charge in [-0.25, -0.2) is 4.39 Å². The second kappa shape index (κ2) is 5.80. The van der Waals surface area contributed by atoms with E-state index in [1.165, 1.54) is 31.7 Å². The van der Waals surface area contributed by atoms with Crippen LogP contribution in [0.1, 0.15) is 45.1 Å². The summed E-state index contributed by atoms with van der Waals surface area (Å²) in [4.78, 5) is 0. The third-order valence-corrected chi connectivity index (χ3v) is 4.75. The fourth-order valence-electron chi connectivity index (χ4n) is 2.96. The van der Waals surface area contributed by atoms with Crippen molar-refractivity contribution in [3.05, 3.63) is 34.6 Å². The van der Waals surface area contributed by atoms with Crippen LogP contribution in [0.5, 0.6) is 0 Å². The molecule has 106 valence electrons. The minimum absolute atomic E-state index is 0.122. The maximum atomic E-state index is 13.4. The molecule has 1 aliphatic carbocycles. The summed E-state index contributed by atoms with van der Waals surface area (Å²) < 4.78 is 13.4. The Kier molecular flexibility index (Phi) is 4.52. The molecule has 2 N–H and O–H groups in total. The highest BCUT2D eigenvalue weighted by molar-refractivity contribution is 6.30. The van der Waals surface area contributed by atoms with Crippen molar-refractivity contribution < 1.29 is 4.39 Å². The van der Waals surface area contributed by atoms with Crippen LogP contribution in [0.4, 0.5) is 4.39 Å². The molecule has 0 aromatic heterocycles. The van der Waals surface area contributed by atoms with Crippen molar-refractivity contribution in [1.82, 2.24) is 0 Å². The monoisotopic (exact) mass is 283 g/mol. The second-order valence-electron chi connectivity index (χ2n) is 6.62. The van der Waals surface area contributed by atoms with Crippen molar-refractivity contribution >= 4 is 11.6 Å². The number of hydrogen-bond donors (Lipinski definition) is 1. The average molecular weight is 284 g/mol. The SMILES string of the molecule is CC1(C)CCC(C(N)Cc2ccc(Cl)c(F)c2)CC1. The Morgan fingerprint density at radius 3 is 2.58 bits per heavy atom. The summed E-state index contributed by atoms with van der Waals surface area (Å²) in [7, 11) is 0. The molecule has 19 heavy (non-hydrogen) atoms. The Hall–Kier alpha value is -0.600. The standard InChI is InChI=1S/C16H23ClFN/c1-16(2)7-5-12(6-8-16)15(19)10-11-3-4-13(17)14(18)9-11/h3-4,9,12,15H,5-8,10,19H2,1-2H3. The minimum Gasteiger partial charge on any atom is -0.327 e. The van der Waals surface area contributed by atoms with Gasteiger partial charge >= 0.3 is 0 Å². The normalized spacial score (nSPS) is 21.3. The van der Waals surface area contributed by atoms with E-state index in [0.29, 0.717) is 11.3 Å². The van der Waals surface area contributed by atoms with Crippen LogP contribution >= 0.6 is 11.6 Å². The van der Waals surface area contributed by atoms with Crippen LogP contribution in [0.3, 0.4) is 0 Å². The number of halogens is 2. The summed E-state index contributed by atoms with van der Waals surface area (Å²) in [5.41, 5.74) is 7.71. The minimum atomic E-state index is -0.351. The first kappa shape index (κ1) is 14.8. The fourth-order valence-corrected chi connectivity index (χ4v) is 3.07. The van der Waals surface area contributed by atoms with Crippen LogP contribution < -0.4 is 5.73 Å². The molecular formula is C16H23ClFN. The zero-order chi connectivity index (χ0) is 14.0. The maximum absolute atomic E-state index is 13.4. The Balaban J connectivity index is 1.94. The molecule has 0 bridgehead atoms. The molecule has 1 atom stereocenters. The van der Waals surface area contributed by atoms with E-state index >= 15 is 0 Å². The average Bonchev–Trinajstić information content (AvgIpc) is 2.33. The zero-order valence-electron chi connectivity index (χ0n) is 11.8. The van der Waals surface area contributed by atoms with Gasteiger partial charge in [0.2, 0.25) is 0 Å². The molecule has 0 saturated heterocycles. The van der Waals surface area contributed by atoms with Crippen molar-refractivity contribution in [2.24, 2.45) is 17.1 Å². The van der Waals surface area contributed by atoms with Gasteiger partial charge in [0.05, 0.1) is 5.02 Å². The Morgan fingerprint density at radius 1 is 1.37 bits per heavy atom. The first-order chi connectivity index (χ1) is 8.87. The molecule has 0 heterocycles. The van der Waals surface area contributed by atoms with Gasteiger partial charge in [0.25, 0.3) is 0 Å². The quantitative estimate of drug-likeness (QED) is 0.864. The molecule has 1 fully saturated rings. The molecule has 0 amide bonds. The molecular weight excluding hydrogens is 261 g/mol. The van der Waals surface area contributed by atoms with Crippen molar-refractivity contribution in [3.63, 3.8) is 0 Å². The summed E-state index contributed by atoms with van der Waals surface area (Å²) in [6, 6.07) is 5.12. The predicted octanol–water partition coefficient (Wildman–Crippen LogP) is 4.57. The lowest BCUT2D eigenvalue weighted by molar-refractivity contribution is 0.173. The lowest BCUT2D eigenvalue weighted by atomic mass is 9.70. The molecule has 1 saturated carbocycles. The van der Waals surface area contributed by atoms with Gasteiger partial charge in [-0.1, -0.05) is 31.5 Å². The van der Waals surface area contributed by atoms with E-state index in [-0.39, 0.29) is 16.9 Å². The second-order valence-corrected chi connectivity index (χ2v) is 7.03. The third kappa shape index (κ3) is 3.93. The molecule has 1 aromatic carbocycles. The van der Waals surface area contributed by atoms with Crippen LogP contribution in [0.25, 0.3) is 0 Å². The van der Waals surface area contributed by atoms with Gasteiger partial charge in [-0.2, -0.15) is 0 Å². The van der Waals surface area contributed by atoms with Crippen LogP contribution in [0.15, 0.2) is 18.2 Å². The molecule has 0 aliphatic heterocycles. The largest absolute Gasteiger partial charge is 0.327 e. The molecule has 1 nitrogen and oxygen atoms in total. The van der Waals surface area contributed by atoms with Crippen LogP contribution in [-0.4, -0.2) is 6.04 Å². The lowest BCUT2D eigenvalue weighted by Crippen LogP contribution is -2.36. The Bertz CT molecular complexity index is 434. The Labute approximate surface area is 120 Å². The van der Waals surface area contributed by atoms with Gasteiger partial charge in [-0.3, -0.25) is 0 Å². The molecule has 0 spiro atoms. The molecule has 0 radical (unpaired) electrons. The molecule has 1 aromatic rings. The summed E-state index contributed by atoms with van der Waals surface area (Å²) in [6.45, 7) is 4.65. The molecule has 3 heteroatoms. The van der Waals surface area contributed by atoms with Gasteiger partial charge in [-0.05, 0) is 61.1 Å². The van der Waals surface area contributed by atoms with Gasteiger partial charge in [0, 0.05) is 6.04 Å². The molecule has 1 unspecified atom stereocenters. The topological polar surface area (TPSA) is 26.0 Å². The highest BCUT2D eigenvalue weighted by Gasteiger charge is 2.29. The van der Waals surface area contributed by atoms with E-state index in [4.69, 9.17) is 17.3 Å². The smallest absolute Gasteiger partial charge is 0.142 e. The molecule has 1 aliphatic rings. The van der Waals surface area contributed by atoms with Crippen LogP contribution in [0.2, 0.25) is 5.02 Å². The highest BCUT2D eigenvalue weighted by Crippen LogP contribution is 2.39. The predicted molar refractivity (Wildman–Crippen MR) is 78.8 cm³/mol. The van der Waals surface area contributed by atoms with E-state index in [1.54, 1.807) is 6.07 Å². The highest BCUT2D eigenvalue weighted by atomic mass is 35.5. The van der Waals surface area contributed by atoms with E-state index in [1.807, 2.05) is 6.07 Å². The number of benzene rings is 1. The molecule has 2 rings (SSSR count). The van der Waals surface area contributed by atoms with Gasteiger partial charge in [0.1, 0.15) is 5.82 Å². The van der Waals surface area contributed by atoms with Gasteiger partial charge in [0.15, 0.2) is 0 Å². The lowest BCUT2D eigenvalue weighted by Gasteiger charge is -2.36. The van der Waals surface area contributed by atoms with E-state index in [0.717, 1.165) is 12.0 Å². The first-order valence-electron chi connectivity index (χ1n) is 7.07. The van der Waals surface area contributed by atoms with E-state index < -0.39 is 0 Å². The van der Waals surface area contributed by atoms with Crippen molar-refractivity contribution in [1.29, 1.82) is 0 Å². The maximum Gasteiger partial charge on any atom is 0.142 e. The van der Waals surface area contributed by atoms with Crippen molar-refractivity contribution in [2.45, 2.75) is 52.0 Å². The number of rotatable bonds is 3. The van der Waals surface area contributed by atoms with Crippen molar-refractivity contribution in [2.75, 3.05) is 0 Å². The van der Waals surface area contributed by atoms with E-state index in [9.17, 15) is 4.39 Å². The number of hydrogen-bond acceptors (Lipinski definition) is 1. The van der Waals surface area contributed by atoms with Crippen LogP contribution in [0, 0.1) is 17.2 Å². The van der Waals surface area contributed by atoms with Gasteiger partial charge < -0.3 is 5.73 Å². The van der Waals surface area contributed by atoms with Gasteiger partial charge in [-0.15, -0.1) is 0 Å².